The van der Waals surface area contributed by atoms with E-state index in [1.807, 2.05) is 0 Å². The number of nitrogens with zero attached hydrogens (tertiary/aromatic N) is 2. The number of aromatic amines is 1. The molecule has 0 amide bonds. The van der Waals surface area contributed by atoms with E-state index in [0.717, 1.165) is 0 Å². The quantitative estimate of drug-likeness (QED) is 0.240. The van der Waals surface area contributed by atoms with Crippen molar-refractivity contribution in [3.05, 3.63) is 4.77 Å². The third-order valence-corrected chi connectivity index (χ3v) is 0.871. The predicted octanol–water partition coefficient (Wildman–Crippen LogP) is -1.23. The summed E-state index contributed by atoms with van der Waals surface area (Å²) in [5.74, 6) is 0.375. The second kappa shape index (κ2) is 4.98. The molecule has 14 heavy (non-hydrogen) atoms. The van der Waals surface area contributed by atoms with E-state index in [-0.39, 0.29) is 16.7 Å². The number of hydrogen-bond acceptors (Lipinski definition) is 6. The van der Waals surface area contributed by atoms with Crippen molar-refractivity contribution >= 4 is 31.9 Å². The minimum Gasteiger partial charge on any atom is -0.369 e. The van der Waals surface area contributed by atoms with E-state index >= 15 is 0 Å². The van der Waals surface area contributed by atoms with Gasteiger partial charge in [0.15, 0.2) is 0 Å². The van der Waals surface area contributed by atoms with Gasteiger partial charge < -0.3 is 26.1 Å². The number of aromatic nitrogens is 3. The Morgan fingerprint density at radius 2 is 1.50 bits per heavy atom. The van der Waals surface area contributed by atoms with E-state index in [1.54, 1.807) is 0 Å². The molecule has 1 aromatic heterocycles. The number of nitrogens with one attached hydrogen (secondary N) is 1. The number of hydrogen-bond donors (Lipinski definition) is 6. The molecule has 0 saturated carbocycles. The maximum absolute atomic E-state index is 8.88. The molecule has 0 aliphatic rings. The van der Waals surface area contributed by atoms with Gasteiger partial charge in [-0.2, -0.15) is 9.97 Å². The third kappa shape index (κ3) is 9.03. The molecule has 0 unspecified atom stereocenters. The molecule has 0 saturated heterocycles. The zero-order chi connectivity index (χ0) is 11.4. The zero-order valence-corrected chi connectivity index (χ0v) is 8.37. The van der Waals surface area contributed by atoms with E-state index in [0.29, 0.717) is 0 Å². The Labute approximate surface area is 83.1 Å². The van der Waals surface area contributed by atoms with Gasteiger partial charge in [0, 0.05) is 0 Å². The maximum Gasteiger partial charge on any atom is 0.466 e. The lowest BCUT2D eigenvalue weighted by molar-refractivity contribution is 0.275. The lowest BCUT2D eigenvalue weighted by Crippen LogP contribution is -2.01. The smallest absolute Gasteiger partial charge is 0.369 e. The van der Waals surface area contributed by atoms with Crippen molar-refractivity contribution in [2.45, 2.75) is 0 Å². The van der Waals surface area contributed by atoms with Crippen LogP contribution in [0.5, 0.6) is 0 Å². The first-order valence-corrected chi connectivity index (χ1v) is 4.93. The molecule has 1 rings (SSSR count). The van der Waals surface area contributed by atoms with E-state index in [9.17, 15) is 0 Å². The van der Waals surface area contributed by atoms with Gasteiger partial charge in [-0.05, 0) is 12.2 Å². The maximum atomic E-state index is 8.88. The molecule has 0 aliphatic carbocycles. The summed E-state index contributed by atoms with van der Waals surface area (Å²) in [5.41, 5.74) is 10.4. The van der Waals surface area contributed by atoms with Gasteiger partial charge in [0.2, 0.25) is 16.7 Å². The topological polar surface area (TPSA) is 171 Å². The minimum atomic E-state index is -4.64. The number of nitrogens with two attached hydrogens (primary N) is 2. The van der Waals surface area contributed by atoms with Crippen LogP contribution in [0.3, 0.4) is 0 Å². The van der Waals surface area contributed by atoms with E-state index < -0.39 is 7.82 Å². The molecular weight excluding hydrogens is 233 g/mol. The molecule has 0 radical (unpaired) electrons. The summed E-state index contributed by atoms with van der Waals surface area (Å²) >= 11 is 4.58. The second-order valence-electron chi connectivity index (χ2n) is 1.91. The van der Waals surface area contributed by atoms with Gasteiger partial charge in [-0.3, -0.25) is 4.98 Å². The SMILES string of the molecule is Nc1nc(=S)nc(N)[nH]1.O=P(O)(O)O. The molecule has 0 atom stereocenters. The van der Waals surface area contributed by atoms with Crippen molar-refractivity contribution < 1.29 is 19.2 Å². The van der Waals surface area contributed by atoms with Crippen LogP contribution in [-0.2, 0) is 4.57 Å². The predicted molar refractivity (Wildman–Crippen MR) is 50.3 cm³/mol. The molecule has 0 aliphatic heterocycles. The fourth-order valence-corrected chi connectivity index (χ4v) is 0.615. The first kappa shape index (κ1) is 12.9. The average molecular weight is 241 g/mol. The highest BCUT2D eigenvalue weighted by atomic mass is 32.1. The summed E-state index contributed by atoms with van der Waals surface area (Å²) in [6.45, 7) is 0. The van der Waals surface area contributed by atoms with Crippen LogP contribution in [0.4, 0.5) is 11.9 Å². The Morgan fingerprint density at radius 1 is 1.21 bits per heavy atom. The van der Waals surface area contributed by atoms with Crippen LogP contribution in [0.25, 0.3) is 0 Å². The highest BCUT2D eigenvalue weighted by Crippen LogP contribution is 2.25. The highest BCUT2D eigenvalue weighted by molar-refractivity contribution is 7.71. The Morgan fingerprint density at radius 3 is 1.71 bits per heavy atom. The fourth-order valence-electron chi connectivity index (χ4n) is 0.418. The third-order valence-electron chi connectivity index (χ3n) is 0.688. The van der Waals surface area contributed by atoms with Crippen molar-refractivity contribution in [2.24, 2.45) is 0 Å². The van der Waals surface area contributed by atoms with Crippen molar-refractivity contribution in [3.8, 4) is 0 Å². The summed E-state index contributed by atoms with van der Waals surface area (Å²) in [6, 6.07) is 0. The molecule has 0 spiro atoms. The van der Waals surface area contributed by atoms with Crippen molar-refractivity contribution in [3.63, 3.8) is 0 Å². The summed E-state index contributed by atoms with van der Waals surface area (Å²) in [5, 5.41) is 0. The van der Waals surface area contributed by atoms with Crippen LogP contribution in [-0.4, -0.2) is 29.6 Å². The Hall–Kier alpha value is -1.06. The van der Waals surface area contributed by atoms with E-state index in [1.165, 1.54) is 0 Å². The summed E-state index contributed by atoms with van der Waals surface area (Å²) in [6.07, 6.45) is 0. The van der Waals surface area contributed by atoms with Gasteiger partial charge >= 0.3 is 7.82 Å². The van der Waals surface area contributed by atoms with Crippen molar-refractivity contribution in [1.82, 2.24) is 15.0 Å². The molecule has 1 heterocycles. The number of phosphoric acid groups is 1. The normalized spacial score (nSPS) is 10.2. The molecule has 0 fully saturated rings. The van der Waals surface area contributed by atoms with Crippen LogP contribution in [0.15, 0.2) is 0 Å². The first-order chi connectivity index (χ1) is 6.18. The number of rotatable bonds is 0. The molecular formula is C3H8N5O4PS. The lowest BCUT2D eigenvalue weighted by atomic mass is 10.9. The van der Waals surface area contributed by atoms with Gasteiger partial charge in [-0.15, -0.1) is 0 Å². The van der Waals surface area contributed by atoms with Crippen LogP contribution < -0.4 is 11.5 Å². The minimum absolute atomic E-state index is 0.156. The Kier molecular flexibility index (Phi) is 4.60. The summed E-state index contributed by atoms with van der Waals surface area (Å²) < 4.78 is 9.04. The summed E-state index contributed by atoms with van der Waals surface area (Å²) in [7, 11) is -4.64. The largest absolute Gasteiger partial charge is 0.466 e. The van der Waals surface area contributed by atoms with Crippen LogP contribution >= 0.6 is 20.0 Å². The molecule has 11 heteroatoms. The number of anilines is 2. The fraction of sp³-hybridized carbons (Fsp3) is 0. The Bertz CT molecular complexity index is 369. The molecule has 9 nitrogen and oxygen atoms in total. The van der Waals surface area contributed by atoms with Crippen LogP contribution in [0, 0.1) is 4.77 Å². The summed E-state index contributed by atoms with van der Waals surface area (Å²) in [4.78, 5) is 31.2. The van der Waals surface area contributed by atoms with Gasteiger partial charge in [0.1, 0.15) is 0 Å². The molecule has 80 valence electrons. The van der Waals surface area contributed by atoms with Crippen molar-refractivity contribution in [2.75, 3.05) is 11.5 Å². The monoisotopic (exact) mass is 241 g/mol. The van der Waals surface area contributed by atoms with Crippen LogP contribution in [0.1, 0.15) is 0 Å². The molecule has 0 bridgehead atoms. The van der Waals surface area contributed by atoms with Crippen molar-refractivity contribution in [1.29, 1.82) is 0 Å². The molecule has 1 aromatic rings. The van der Waals surface area contributed by atoms with Crippen LogP contribution in [0.2, 0.25) is 0 Å². The number of H-pyrrole nitrogens is 1. The zero-order valence-electron chi connectivity index (χ0n) is 6.65. The van der Waals surface area contributed by atoms with E-state index in [2.05, 4.69) is 27.2 Å². The highest BCUT2D eigenvalue weighted by Gasteiger charge is 2.00. The van der Waals surface area contributed by atoms with Gasteiger partial charge in [0.25, 0.3) is 0 Å². The molecule has 8 N–H and O–H groups in total. The van der Waals surface area contributed by atoms with E-state index in [4.69, 9.17) is 30.7 Å². The average Bonchev–Trinajstić information content (AvgIpc) is 1.77. The first-order valence-electron chi connectivity index (χ1n) is 2.96. The van der Waals surface area contributed by atoms with Gasteiger partial charge in [-0.1, -0.05) is 0 Å². The Balaban J connectivity index is 0.000000292. The lowest BCUT2D eigenvalue weighted by Gasteiger charge is -1.92. The molecule has 0 aromatic carbocycles. The second-order valence-corrected chi connectivity index (χ2v) is 3.31. The van der Waals surface area contributed by atoms with Gasteiger partial charge in [-0.25, -0.2) is 4.57 Å². The number of nitrogen functional groups attached to an aromatic ring is 2. The standard InChI is InChI=1S/C3H5N5S.H3O4P/c4-1-6-2(5)8-3(9)7-1;1-5(2,3)4/h(H5,4,5,6,7,8,9);(H3,1,2,3,4). The van der Waals surface area contributed by atoms with Gasteiger partial charge in [0.05, 0.1) is 0 Å².